The van der Waals surface area contributed by atoms with Gasteiger partial charge in [0.05, 0.1) is 6.04 Å². The second-order valence-electron chi connectivity index (χ2n) is 6.34. The smallest absolute Gasteiger partial charge is 0.191 e. The molecule has 1 aliphatic carbocycles. The Morgan fingerprint density at radius 3 is 2.30 bits per heavy atom. The summed E-state index contributed by atoms with van der Waals surface area (Å²) in [6.07, 6.45) is 0.581. The average molecular weight is 493 g/mol. The van der Waals surface area contributed by atoms with Crippen LogP contribution in [0.15, 0.2) is 41.4 Å². The van der Waals surface area contributed by atoms with Gasteiger partial charge in [0, 0.05) is 24.6 Å². The van der Waals surface area contributed by atoms with Crippen LogP contribution >= 0.6 is 24.0 Å². The lowest BCUT2D eigenvalue weighted by molar-refractivity contribution is 0.504. The molecule has 0 heterocycles. The largest absolute Gasteiger partial charge is 0.353 e. The van der Waals surface area contributed by atoms with Crippen molar-refractivity contribution in [2.75, 3.05) is 7.05 Å². The van der Waals surface area contributed by atoms with Crippen molar-refractivity contribution in [3.63, 3.8) is 0 Å². The van der Waals surface area contributed by atoms with Gasteiger partial charge in [-0.1, -0.05) is 12.1 Å². The van der Waals surface area contributed by atoms with Gasteiger partial charge < -0.3 is 10.6 Å². The molecule has 0 radical (unpaired) electrons. The van der Waals surface area contributed by atoms with Crippen molar-refractivity contribution in [2.24, 2.45) is 4.99 Å². The highest BCUT2D eigenvalue weighted by Gasteiger charge is 2.42. The monoisotopic (exact) mass is 493 g/mol. The van der Waals surface area contributed by atoms with Crippen molar-refractivity contribution in [1.29, 1.82) is 0 Å². The van der Waals surface area contributed by atoms with Gasteiger partial charge in [0.25, 0.3) is 0 Å². The van der Waals surface area contributed by atoms with E-state index in [1.54, 1.807) is 14.0 Å². The highest BCUT2D eigenvalue weighted by atomic mass is 127. The van der Waals surface area contributed by atoms with Crippen molar-refractivity contribution in [3.8, 4) is 0 Å². The molecule has 0 bridgehead atoms. The third-order valence-corrected chi connectivity index (χ3v) is 4.50. The van der Waals surface area contributed by atoms with Crippen LogP contribution in [-0.4, -0.2) is 19.0 Å². The molecule has 8 heteroatoms. The lowest BCUT2D eigenvalue weighted by Gasteiger charge is -2.18. The van der Waals surface area contributed by atoms with Crippen molar-refractivity contribution >= 4 is 29.9 Å². The molecule has 3 atom stereocenters. The molecule has 2 aromatic rings. The summed E-state index contributed by atoms with van der Waals surface area (Å²) in [5, 5.41) is 6.17. The molecule has 2 aromatic carbocycles. The Bertz CT molecular complexity index is 823. The number of hydrogen-bond donors (Lipinski definition) is 2. The van der Waals surface area contributed by atoms with E-state index < -0.39 is 23.3 Å². The van der Waals surface area contributed by atoms with E-state index in [1.165, 1.54) is 24.3 Å². The normalized spacial score (nSPS) is 19.9. The molecular formula is C19H20F4IN3. The number of nitrogens with one attached hydrogen (secondary N) is 2. The van der Waals surface area contributed by atoms with Crippen LogP contribution in [0.5, 0.6) is 0 Å². The van der Waals surface area contributed by atoms with E-state index in [-0.39, 0.29) is 47.5 Å². The predicted molar refractivity (Wildman–Crippen MR) is 107 cm³/mol. The Morgan fingerprint density at radius 1 is 1.04 bits per heavy atom. The van der Waals surface area contributed by atoms with Gasteiger partial charge in [0.15, 0.2) is 17.6 Å². The van der Waals surface area contributed by atoms with E-state index >= 15 is 0 Å². The molecule has 0 saturated heterocycles. The predicted octanol–water partition coefficient (Wildman–Crippen LogP) is 4.64. The fourth-order valence-electron chi connectivity index (χ4n) is 2.96. The maximum Gasteiger partial charge on any atom is 0.191 e. The molecule has 0 aromatic heterocycles. The SMILES string of the molecule is CN=C(NC(C)c1ccc(F)c(F)c1)NC1CC1c1c(F)cccc1F.I. The minimum atomic E-state index is -0.920. The number of hydrogen-bond acceptors (Lipinski definition) is 1. The minimum Gasteiger partial charge on any atom is -0.353 e. The molecule has 27 heavy (non-hydrogen) atoms. The topological polar surface area (TPSA) is 36.4 Å². The average Bonchev–Trinajstić information content (AvgIpc) is 3.35. The fraction of sp³-hybridized carbons (Fsp3) is 0.316. The highest BCUT2D eigenvalue weighted by Crippen LogP contribution is 2.43. The highest BCUT2D eigenvalue weighted by molar-refractivity contribution is 14.0. The van der Waals surface area contributed by atoms with Crippen LogP contribution < -0.4 is 10.6 Å². The molecule has 0 aliphatic heterocycles. The number of halogens is 5. The minimum absolute atomic E-state index is 0. The summed E-state index contributed by atoms with van der Waals surface area (Å²) in [6, 6.07) is 7.01. The van der Waals surface area contributed by atoms with Gasteiger partial charge in [-0.2, -0.15) is 0 Å². The zero-order chi connectivity index (χ0) is 18.8. The summed E-state index contributed by atoms with van der Waals surface area (Å²) in [6.45, 7) is 1.78. The van der Waals surface area contributed by atoms with Crippen molar-refractivity contribution in [2.45, 2.75) is 31.3 Å². The number of aliphatic imine (C=N–C) groups is 1. The molecule has 0 spiro atoms. The maximum atomic E-state index is 13.9. The summed E-state index contributed by atoms with van der Waals surface area (Å²) in [5.74, 6) is -2.79. The molecule has 146 valence electrons. The first kappa shape index (κ1) is 21.5. The van der Waals surface area contributed by atoms with Crippen molar-refractivity contribution in [1.82, 2.24) is 10.6 Å². The quantitative estimate of drug-likeness (QED) is 0.282. The van der Waals surface area contributed by atoms with Crippen molar-refractivity contribution in [3.05, 3.63) is 70.8 Å². The Morgan fingerprint density at radius 2 is 1.70 bits per heavy atom. The zero-order valence-electron chi connectivity index (χ0n) is 14.8. The van der Waals surface area contributed by atoms with E-state index in [2.05, 4.69) is 15.6 Å². The molecule has 0 amide bonds. The number of guanidine groups is 1. The van der Waals surface area contributed by atoms with Crippen LogP contribution in [0.1, 0.15) is 36.4 Å². The lowest BCUT2D eigenvalue weighted by atomic mass is 10.1. The third-order valence-electron chi connectivity index (χ3n) is 4.50. The van der Waals surface area contributed by atoms with Gasteiger partial charge in [-0.15, -0.1) is 24.0 Å². The molecule has 3 nitrogen and oxygen atoms in total. The molecule has 3 unspecified atom stereocenters. The molecule has 1 aliphatic rings. The van der Waals surface area contributed by atoms with Gasteiger partial charge in [-0.25, -0.2) is 17.6 Å². The van der Waals surface area contributed by atoms with Crippen LogP contribution in [0.2, 0.25) is 0 Å². The van der Waals surface area contributed by atoms with Gasteiger partial charge in [-0.3, -0.25) is 4.99 Å². The van der Waals surface area contributed by atoms with E-state index in [0.717, 1.165) is 12.1 Å². The van der Waals surface area contributed by atoms with Crippen LogP contribution in [0.4, 0.5) is 17.6 Å². The number of benzene rings is 2. The standard InChI is InChI=1S/C19H19F4N3.HI/c1-10(11-6-7-13(20)16(23)8-11)25-19(24-2)26-17-9-12(17)18-14(21)4-3-5-15(18)22;/h3-8,10,12,17H,9H2,1-2H3,(H2,24,25,26);1H. The second-order valence-corrected chi connectivity index (χ2v) is 6.34. The molecule has 1 fully saturated rings. The lowest BCUT2D eigenvalue weighted by Crippen LogP contribution is -2.40. The van der Waals surface area contributed by atoms with Crippen LogP contribution in [0.3, 0.4) is 0 Å². The third kappa shape index (κ3) is 4.91. The summed E-state index contributed by atoms with van der Waals surface area (Å²) < 4.78 is 54.1. The molecular weight excluding hydrogens is 473 g/mol. The maximum absolute atomic E-state index is 13.9. The summed E-state index contributed by atoms with van der Waals surface area (Å²) in [7, 11) is 1.56. The molecule has 1 saturated carbocycles. The van der Waals surface area contributed by atoms with E-state index in [1.807, 2.05) is 0 Å². The summed E-state index contributed by atoms with van der Waals surface area (Å²) >= 11 is 0. The first-order chi connectivity index (χ1) is 12.4. The Labute approximate surface area is 172 Å². The van der Waals surface area contributed by atoms with Gasteiger partial charge in [-0.05, 0) is 43.2 Å². The number of rotatable bonds is 4. The van der Waals surface area contributed by atoms with Crippen LogP contribution in [0.25, 0.3) is 0 Å². The van der Waals surface area contributed by atoms with Crippen LogP contribution in [-0.2, 0) is 0 Å². The van der Waals surface area contributed by atoms with Gasteiger partial charge in [0.2, 0.25) is 0 Å². The first-order valence-electron chi connectivity index (χ1n) is 8.29. The van der Waals surface area contributed by atoms with E-state index in [4.69, 9.17) is 0 Å². The Balaban J connectivity index is 0.00000261. The summed E-state index contributed by atoms with van der Waals surface area (Å²) in [5.41, 5.74) is 0.633. The summed E-state index contributed by atoms with van der Waals surface area (Å²) in [4.78, 5) is 4.09. The Kier molecular flexibility index (Phi) is 7.07. The molecule has 3 rings (SSSR count). The van der Waals surface area contributed by atoms with Crippen molar-refractivity contribution < 1.29 is 17.6 Å². The van der Waals surface area contributed by atoms with Gasteiger partial charge in [0.1, 0.15) is 11.6 Å². The second kappa shape index (κ2) is 8.90. The number of nitrogens with zero attached hydrogens (tertiary/aromatic N) is 1. The van der Waals surface area contributed by atoms with E-state index in [9.17, 15) is 17.6 Å². The van der Waals surface area contributed by atoms with E-state index in [0.29, 0.717) is 17.9 Å². The Hall–Kier alpha value is -1.84. The fourth-order valence-corrected chi connectivity index (χ4v) is 2.96. The first-order valence-corrected chi connectivity index (χ1v) is 8.29. The van der Waals surface area contributed by atoms with Crippen LogP contribution in [0, 0.1) is 23.3 Å². The zero-order valence-corrected chi connectivity index (χ0v) is 17.1. The van der Waals surface area contributed by atoms with Gasteiger partial charge >= 0.3 is 0 Å². The molecule has 2 N–H and O–H groups in total.